The first-order chi connectivity index (χ1) is 9.64. The summed E-state index contributed by atoms with van der Waals surface area (Å²) in [6, 6.07) is 1.47. The maximum absolute atomic E-state index is 13.8. The summed E-state index contributed by atoms with van der Waals surface area (Å²) in [6.07, 6.45) is -4.71. The van der Waals surface area contributed by atoms with Crippen molar-refractivity contribution in [3.05, 3.63) is 29.6 Å². The highest BCUT2D eigenvalue weighted by molar-refractivity contribution is 7.89. The highest BCUT2D eigenvalue weighted by Gasteiger charge is 2.52. The minimum absolute atomic E-state index is 0.0878. The molecule has 2 aliphatic rings. The van der Waals surface area contributed by atoms with Crippen LogP contribution in [0.4, 0.5) is 17.6 Å². The Kier molecular flexibility index (Phi) is 3.09. The molecule has 0 atom stereocenters. The van der Waals surface area contributed by atoms with Crippen LogP contribution in [0.1, 0.15) is 5.56 Å². The Morgan fingerprint density at radius 2 is 1.81 bits per heavy atom. The molecular formula is C12H12F4N2O2S. The first kappa shape index (κ1) is 14.7. The van der Waals surface area contributed by atoms with E-state index in [2.05, 4.69) is 5.32 Å². The minimum atomic E-state index is -4.71. The van der Waals surface area contributed by atoms with Gasteiger partial charge in [0.05, 0.1) is 5.56 Å². The largest absolute Gasteiger partial charge is 0.416 e. The van der Waals surface area contributed by atoms with Crippen molar-refractivity contribution in [1.82, 2.24) is 9.62 Å². The molecule has 2 heterocycles. The molecular weight excluding hydrogens is 312 g/mol. The summed E-state index contributed by atoms with van der Waals surface area (Å²) in [7, 11) is -4.08. The average Bonchev–Trinajstić information content (AvgIpc) is 2.22. The Labute approximate surface area is 118 Å². The van der Waals surface area contributed by atoms with Crippen LogP contribution in [0.25, 0.3) is 0 Å². The molecule has 2 aliphatic heterocycles. The molecule has 4 nitrogen and oxygen atoms in total. The van der Waals surface area contributed by atoms with Crippen LogP contribution in [0.15, 0.2) is 23.1 Å². The first-order valence-electron chi connectivity index (χ1n) is 6.22. The summed E-state index contributed by atoms with van der Waals surface area (Å²) >= 11 is 0. The third-order valence-corrected chi connectivity index (χ3v) is 5.73. The van der Waals surface area contributed by atoms with Gasteiger partial charge in [-0.05, 0) is 18.2 Å². The Morgan fingerprint density at radius 3 is 2.24 bits per heavy atom. The van der Waals surface area contributed by atoms with Crippen molar-refractivity contribution in [3.8, 4) is 0 Å². The Morgan fingerprint density at radius 1 is 1.19 bits per heavy atom. The molecule has 1 spiro atoms. The number of benzene rings is 1. The molecule has 0 aromatic heterocycles. The summed E-state index contributed by atoms with van der Waals surface area (Å²) in [4.78, 5) is -0.711. The third-order valence-electron chi connectivity index (χ3n) is 3.90. The summed E-state index contributed by atoms with van der Waals surface area (Å²) in [5.74, 6) is -1.38. The van der Waals surface area contributed by atoms with Crippen LogP contribution in [0.5, 0.6) is 0 Å². The van der Waals surface area contributed by atoms with E-state index in [-0.39, 0.29) is 24.6 Å². The predicted octanol–water partition coefficient (Wildman–Crippen LogP) is 1.44. The van der Waals surface area contributed by atoms with Gasteiger partial charge < -0.3 is 5.32 Å². The van der Waals surface area contributed by atoms with Crippen LogP contribution < -0.4 is 5.32 Å². The highest BCUT2D eigenvalue weighted by Crippen LogP contribution is 2.39. The van der Waals surface area contributed by atoms with E-state index in [0.717, 1.165) is 4.31 Å². The third kappa shape index (κ3) is 2.33. The van der Waals surface area contributed by atoms with Crippen LogP contribution in [-0.4, -0.2) is 38.9 Å². The van der Waals surface area contributed by atoms with Crippen molar-refractivity contribution in [2.75, 3.05) is 26.2 Å². The van der Waals surface area contributed by atoms with Crippen molar-refractivity contribution in [2.24, 2.45) is 5.41 Å². The topological polar surface area (TPSA) is 49.4 Å². The number of rotatable bonds is 2. The second-order valence-corrected chi connectivity index (χ2v) is 7.43. The van der Waals surface area contributed by atoms with Crippen LogP contribution in [0.3, 0.4) is 0 Å². The zero-order valence-corrected chi connectivity index (χ0v) is 11.6. The molecule has 1 N–H and O–H groups in total. The molecule has 1 aromatic carbocycles. The molecule has 3 rings (SSSR count). The van der Waals surface area contributed by atoms with E-state index in [9.17, 15) is 26.0 Å². The van der Waals surface area contributed by atoms with E-state index in [1.54, 1.807) is 0 Å². The van der Waals surface area contributed by atoms with Crippen molar-refractivity contribution >= 4 is 10.0 Å². The van der Waals surface area contributed by atoms with Gasteiger partial charge in [-0.25, -0.2) is 12.8 Å². The van der Waals surface area contributed by atoms with Crippen molar-refractivity contribution in [1.29, 1.82) is 0 Å². The molecule has 0 bridgehead atoms. The maximum Gasteiger partial charge on any atom is 0.416 e. The lowest BCUT2D eigenvalue weighted by Gasteiger charge is -2.55. The lowest BCUT2D eigenvalue weighted by atomic mass is 9.76. The van der Waals surface area contributed by atoms with Crippen molar-refractivity contribution in [3.63, 3.8) is 0 Å². The van der Waals surface area contributed by atoms with E-state index >= 15 is 0 Å². The molecule has 2 fully saturated rings. The van der Waals surface area contributed by atoms with Crippen LogP contribution in [0.2, 0.25) is 0 Å². The lowest BCUT2D eigenvalue weighted by Crippen LogP contribution is -2.71. The van der Waals surface area contributed by atoms with Gasteiger partial charge in [-0.1, -0.05) is 0 Å². The normalized spacial score (nSPS) is 21.9. The molecule has 0 saturated carbocycles. The number of alkyl halides is 3. The van der Waals surface area contributed by atoms with Crippen molar-refractivity contribution < 1.29 is 26.0 Å². The van der Waals surface area contributed by atoms with Gasteiger partial charge in [0.25, 0.3) is 0 Å². The molecule has 21 heavy (non-hydrogen) atoms. The van der Waals surface area contributed by atoms with E-state index in [1.807, 2.05) is 0 Å². The second kappa shape index (κ2) is 4.40. The smallest absolute Gasteiger partial charge is 0.315 e. The number of sulfonamides is 1. The number of nitrogens with one attached hydrogen (secondary N) is 1. The standard InChI is InChI=1S/C12H12F4N2O2S/c13-9-3-8(12(14,15)16)1-2-10(9)21(19,20)18-6-11(7-18)4-17-5-11/h1-3,17H,4-7H2. The van der Waals surface area contributed by atoms with E-state index in [1.165, 1.54) is 0 Å². The molecule has 116 valence electrons. The summed E-state index contributed by atoms with van der Waals surface area (Å²) < 4.78 is 76.6. The van der Waals surface area contributed by atoms with Crippen LogP contribution in [-0.2, 0) is 16.2 Å². The summed E-state index contributed by atoms with van der Waals surface area (Å²) in [5, 5.41) is 3.03. The van der Waals surface area contributed by atoms with Crippen LogP contribution >= 0.6 is 0 Å². The molecule has 0 amide bonds. The van der Waals surface area contributed by atoms with E-state index < -0.39 is 32.5 Å². The van der Waals surface area contributed by atoms with Gasteiger partial charge in [0.1, 0.15) is 10.7 Å². The van der Waals surface area contributed by atoms with Gasteiger partial charge in [-0.3, -0.25) is 0 Å². The van der Waals surface area contributed by atoms with Gasteiger partial charge in [0.2, 0.25) is 10.0 Å². The van der Waals surface area contributed by atoms with E-state index in [4.69, 9.17) is 0 Å². The molecule has 1 aromatic rings. The first-order valence-corrected chi connectivity index (χ1v) is 7.66. The van der Waals surface area contributed by atoms with E-state index in [0.29, 0.717) is 25.2 Å². The number of hydrogen-bond acceptors (Lipinski definition) is 3. The SMILES string of the molecule is O=S(=O)(c1ccc(C(F)(F)F)cc1F)N1CC2(CNC2)C1. The lowest BCUT2D eigenvalue weighted by molar-refractivity contribution is -0.137. The molecule has 0 aliphatic carbocycles. The Balaban J connectivity index is 1.86. The fourth-order valence-electron chi connectivity index (χ4n) is 2.60. The fourth-order valence-corrected chi connectivity index (χ4v) is 4.31. The average molecular weight is 324 g/mol. The fraction of sp³-hybridized carbons (Fsp3) is 0.500. The molecule has 9 heteroatoms. The highest BCUT2D eigenvalue weighted by atomic mass is 32.2. The minimum Gasteiger partial charge on any atom is -0.315 e. The van der Waals surface area contributed by atoms with Crippen molar-refractivity contribution in [2.45, 2.75) is 11.1 Å². The summed E-state index contributed by atoms with van der Waals surface area (Å²) in [6.45, 7) is 1.94. The quantitative estimate of drug-likeness (QED) is 0.838. The number of hydrogen-bond donors (Lipinski definition) is 1. The monoisotopic (exact) mass is 324 g/mol. The molecule has 0 unspecified atom stereocenters. The zero-order valence-electron chi connectivity index (χ0n) is 10.7. The van der Waals surface area contributed by atoms with Crippen LogP contribution in [0, 0.1) is 11.2 Å². The molecule has 2 saturated heterocycles. The van der Waals surface area contributed by atoms with Gasteiger partial charge in [-0.2, -0.15) is 17.5 Å². The maximum atomic E-state index is 13.8. The Bertz CT molecular complexity index is 675. The molecule has 0 radical (unpaired) electrons. The van der Waals surface area contributed by atoms with Gasteiger partial charge >= 0.3 is 6.18 Å². The zero-order chi connectivity index (χ0) is 15.5. The Hall–Kier alpha value is -1.19. The van der Waals surface area contributed by atoms with Gasteiger partial charge in [0.15, 0.2) is 0 Å². The second-order valence-electron chi connectivity index (χ2n) is 5.52. The van der Waals surface area contributed by atoms with Gasteiger partial charge in [0, 0.05) is 31.6 Å². The van der Waals surface area contributed by atoms with Gasteiger partial charge in [-0.15, -0.1) is 0 Å². The predicted molar refractivity (Wildman–Crippen MR) is 65.5 cm³/mol. The summed E-state index contributed by atoms with van der Waals surface area (Å²) in [5.41, 5.74) is -1.29. The number of halogens is 4. The number of nitrogens with zero attached hydrogens (tertiary/aromatic N) is 1.